The molecule has 6 heteroatoms. The molecule has 0 rings (SSSR count). The minimum absolute atomic E-state index is 0.0281. The molecule has 0 aromatic heterocycles. The molecule has 0 aliphatic heterocycles. The second-order valence-electron chi connectivity index (χ2n) is 2.52. The van der Waals surface area contributed by atoms with Crippen LogP contribution in [0.3, 0.4) is 0 Å². The molecule has 0 amide bonds. The van der Waals surface area contributed by atoms with Gasteiger partial charge in [-0.15, -0.1) is 0 Å². The zero-order valence-electron chi connectivity index (χ0n) is 7.69. The van der Waals surface area contributed by atoms with Crippen molar-refractivity contribution >= 4 is 22.6 Å². The van der Waals surface area contributed by atoms with Crippen LogP contribution in [0.5, 0.6) is 0 Å². The lowest BCUT2D eigenvalue weighted by Gasteiger charge is -2.06. The van der Waals surface area contributed by atoms with Crippen LogP contribution in [0.2, 0.25) is 0 Å². The molecule has 0 saturated heterocycles. The summed E-state index contributed by atoms with van der Waals surface area (Å²) in [6, 6.07) is -0.981. The van der Waals surface area contributed by atoms with E-state index < -0.39 is 22.8 Å². The van der Waals surface area contributed by atoms with Crippen LogP contribution in [0.15, 0.2) is 4.99 Å². The van der Waals surface area contributed by atoms with Gasteiger partial charge in [0.25, 0.3) is 0 Å². The smallest absolute Gasteiger partial charge is 0.329 e. The molecule has 0 aliphatic carbocycles. The van der Waals surface area contributed by atoms with Crippen molar-refractivity contribution < 1.29 is 14.1 Å². The Bertz CT molecular complexity index is 236. The summed E-state index contributed by atoms with van der Waals surface area (Å²) < 4.78 is 11.0. The second-order valence-corrected chi connectivity index (χ2v) is 4.31. The van der Waals surface area contributed by atoms with Gasteiger partial charge < -0.3 is 10.8 Å². The first-order chi connectivity index (χ1) is 5.97. The van der Waals surface area contributed by atoms with E-state index >= 15 is 0 Å². The normalized spacial score (nSPS) is 16.6. The third-order valence-corrected chi connectivity index (χ3v) is 2.64. The number of hydrogen-bond acceptors (Lipinski definition) is 3. The van der Waals surface area contributed by atoms with Gasteiger partial charge in [0.15, 0.2) is 6.04 Å². The van der Waals surface area contributed by atoms with E-state index in [9.17, 15) is 9.00 Å². The van der Waals surface area contributed by atoms with Crippen LogP contribution >= 0.6 is 0 Å². The maximum atomic E-state index is 11.0. The summed E-state index contributed by atoms with van der Waals surface area (Å²) in [6.07, 6.45) is 0. The fourth-order valence-electron chi connectivity index (χ4n) is 0.704. The summed E-state index contributed by atoms with van der Waals surface area (Å²) >= 11 is 0. The van der Waals surface area contributed by atoms with Gasteiger partial charge in [-0.05, 0) is 6.92 Å². The van der Waals surface area contributed by atoms with E-state index in [1.54, 1.807) is 6.92 Å². The zero-order valence-corrected chi connectivity index (χ0v) is 8.50. The van der Waals surface area contributed by atoms with Gasteiger partial charge in [-0.2, -0.15) is 0 Å². The summed E-state index contributed by atoms with van der Waals surface area (Å²) in [6.45, 7) is 3.23. The molecule has 0 radical (unpaired) electrons. The standard InChI is InChI=1S/C7H14N2O3S/c1-3-13(12)4-6(7(10)11)9-5(2)8/h6H,3-4H2,1-2H3,(H2,8,9)(H,10,11). The van der Waals surface area contributed by atoms with Crippen LogP contribution in [0.25, 0.3) is 0 Å². The first-order valence-corrected chi connectivity index (χ1v) is 5.33. The van der Waals surface area contributed by atoms with E-state index in [2.05, 4.69) is 4.99 Å². The Hall–Kier alpha value is -0.910. The maximum Gasteiger partial charge on any atom is 0.329 e. The number of rotatable bonds is 5. The summed E-state index contributed by atoms with van der Waals surface area (Å²) in [7, 11) is -1.14. The molecule has 76 valence electrons. The fraction of sp³-hybridized carbons (Fsp3) is 0.714. The Labute approximate surface area is 79.5 Å². The predicted octanol–water partition coefficient (Wildman–Crippen LogP) is -0.415. The van der Waals surface area contributed by atoms with Gasteiger partial charge in [-0.25, -0.2) is 4.79 Å². The number of carboxylic acid groups (broad SMARTS) is 1. The Morgan fingerprint density at radius 3 is 2.54 bits per heavy atom. The van der Waals surface area contributed by atoms with Crippen LogP contribution in [0.1, 0.15) is 13.8 Å². The lowest BCUT2D eigenvalue weighted by atomic mass is 10.3. The maximum absolute atomic E-state index is 11.0. The summed E-state index contributed by atoms with van der Waals surface area (Å²) in [5.41, 5.74) is 5.24. The van der Waals surface area contributed by atoms with Crippen molar-refractivity contribution in [3.8, 4) is 0 Å². The Morgan fingerprint density at radius 2 is 2.23 bits per heavy atom. The highest BCUT2D eigenvalue weighted by Gasteiger charge is 2.18. The Morgan fingerprint density at radius 1 is 1.69 bits per heavy atom. The third-order valence-electron chi connectivity index (χ3n) is 1.31. The first-order valence-electron chi connectivity index (χ1n) is 3.85. The molecule has 5 nitrogen and oxygen atoms in total. The highest BCUT2D eigenvalue weighted by Crippen LogP contribution is 1.96. The van der Waals surface area contributed by atoms with Crippen molar-refractivity contribution in [1.82, 2.24) is 0 Å². The SMILES string of the molecule is CCS(=O)CC(N=C(C)N)C(=O)O. The molecule has 3 N–H and O–H groups in total. The topological polar surface area (TPSA) is 92.8 Å². The van der Waals surface area contributed by atoms with Crippen LogP contribution in [0.4, 0.5) is 0 Å². The molecule has 0 aromatic rings. The zero-order chi connectivity index (χ0) is 10.4. The molecule has 2 unspecified atom stereocenters. The third kappa shape index (κ3) is 5.35. The number of aliphatic carboxylic acids is 1. The Balaban J connectivity index is 4.36. The monoisotopic (exact) mass is 206 g/mol. The van der Waals surface area contributed by atoms with E-state index in [-0.39, 0.29) is 11.6 Å². The lowest BCUT2D eigenvalue weighted by molar-refractivity contribution is -0.137. The van der Waals surface area contributed by atoms with E-state index in [0.717, 1.165) is 0 Å². The van der Waals surface area contributed by atoms with Crippen molar-refractivity contribution in [2.75, 3.05) is 11.5 Å². The summed E-state index contributed by atoms with van der Waals surface area (Å²) in [5.74, 6) is -0.435. The molecule has 2 atom stereocenters. The minimum atomic E-state index is -1.14. The molecule has 0 spiro atoms. The van der Waals surface area contributed by atoms with Crippen molar-refractivity contribution in [3.63, 3.8) is 0 Å². The number of aliphatic imine (C=N–C) groups is 1. The number of carbonyl (C=O) groups is 1. The molecule has 0 bridgehead atoms. The van der Waals surface area contributed by atoms with Gasteiger partial charge >= 0.3 is 5.97 Å². The Kier molecular flexibility index (Phi) is 5.29. The number of nitrogens with two attached hydrogens (primary N) is 1. The van der Waals surface area contributed by atoms with Gasteiger partial charge in [0.05, 0.1) is 11.6 Å². The van der Waals surface area contributed by atoms with Crippen molar-refractivity contribution in [2.45, 2.75) is 19.9 Å². The number of nitrogens with zero attached hydrogens (tertiary/aromatic N) is 1. The van der Waals surface area contributed by atoms with Crippen molar-refractivity contribution in [1.29, 1.82) is 0 Å². The average molecular weight is 206 g/mol. The molecule has 13 heavy (non-hydrogen) atoms. The number of hydrogen-bond donors (Lipinski definition) is 2. The van der Waals surface area contributed by atoms with Crippen LogP contribution in [0, 0.1) is 0 Å². The molecule has 0 fully saturated rings. The highest BCUT2D eigenvalue weighted by molar-refractivity contribution is 7.85. The summed E-state index contributed by atoms with van der Waals surface area (Å²) in [5, 5.41) is 8.67. The van der Waals surface area contributed by atoms with Gasteiger partial charge in [0.2, 0.25) is 0 Å². The van der Waals surface area contributed by atoms with E-state index in [4.69, 9.17) is 10.8 Å². The first kappa shape index (κ1) is 12.1. The van der Waals surface area contributed by atoms with Crippen molar-refractivity contribution in [2.24, 2.45) is 10.7 Å². The quantitative estimate of drug-likeness (QED) is 0.472. The molecular weight excluding hydrogens is 192 g/mol. The van der Waals surface area contributed by atoms with Gasteiger partial charge in [0.1, 0.15) is 0 Å². The van der Waals surface area contributed by atoms with Gasteiger partial charge in [-0.1, -0.05) is 6.92 Å². The summed E-state index contributed by atoms with van der Waals surface area (Å²) in [4.78, 5) is 14.3. The molecule has 0 aromatic carbocycles. The molecular formula is C7H14N2O3S. The van der Waals surface area contributed by atoms with Crippen molar-refractivity contribution in [3.05, 3.63) is 0 Å². The fourth-order valence-corrected chi connectivity index (χ4v) is 1.51. The predicted molar refractivity (Wildman–Crippen MR) is 52.3 cm³/mol. The van der Waals surface area contributed by atoms with Crippen LogP contribution in [-0.4, -0.2) is 38.7 Å². The van der Waals surface area contributed by atoms with Crippen LogP contribution in [-0.2, 0) is 15.6 Å². The molecule has 0 saturated carbocycles. The average Bonchev–Trinajstić information content (AvgIpc) is 2.02. The second kappa shape index (κ2) is 5.69. The molecule has 0 heterocycles. The lowest BCUT2D eigenvalue weighted by Crippen LogP contribution is -2.28. The number of carboxylic acids is 1. The van der Waals surface area contributed by atoms with E-state index in [1.165, 1.54) is 6.92 Å². The van der Waals surface area contributed by atoms with E-state index in [0.29, 0.717) is 5.75 Å². The van der Waals surface area contributed by atoms with Gasteiger partial charge in [0, 0.05) is 16.6 Å². The highest BCUT2D eigenvalue weighted by atomic mass is 32.2. The van der Waals surface area contributed by atoms with Crippen LogP contribution < -0.4 is 5.73 Å². The minimum Gasteiger partial charge on any atom is -0.480 e. The molecule has 0 aliphatic rings. The largest absolute Gasteiger partial charge is 0.480 e. The van der Waals surface area contributed by atoms with E-state index in [1.807, 2.05) is 0 Å². The van der Waals surface area contributed by atoms with Gasteiger partial charge in [-0.3, -0.25) is 9.20 Å². The number of amidine groups is 1.